The average molecular weight is 374 g/mol. The third kappa shape index (κ3) is 7.14. The Bertz CT molecular complexity index is 413. The summed E-state index contributed by atoms with van der Waals surface area (Å²) in [4.78, 5) is 26.8. The van der Waals surface area contributed by atoms with Crippen LogP contribution in [0.3, 0.4) is 0 Å². The minimum Gasteiger partial charge on any atom is -0.356 e. The molecule has 0 bridgehead atoms. The van der Waals surface area contributed by atoms with E-state index in [9.17, 15) is 9.59 Å². The maximum Gasteiger partial charge on any atom is 0.224 e. The summed E-state index contributed by atoms with van der Waals surface area (Å²) in [6.45, 7) is 8.64. The van der Waals surface area contributed by atoms with E-state index in [1.165, 1.54) is 12.8 Å². The first-order valence-corrected chi connectivity index (χ1v) is 9.88. The number of likely N-dealkylation sites (tertiary alicyclic amines) is 1. The Morgan fingerprint density at radius 1 is 1.28 bits per heavy atom. The second-order valence-corrected chi connectivity index (χ2v) is 7.61. The molecule has 146 valence electrons. The summed E-state index contributed by atoms with van der Waals surface area (Å²) in [6, 6.07) is 0. The molecule has 0 aromatic carbocycles. The Balaban J connectivity index is 0.00000312. The van der Waals surface area contributed by atoms with E-state index < -0.39 is 0 Å². The first-order valence-electron chi connectivity index (χ1n) is 9.88. The molecule has 0 aromatic rings. The monoisotopic (exact) mass is 373 g/mol. The first kappa shape index (κ1) is 22.2. The zero-order chi connectivity index (χ0) is 17.4. The van der Waals surface area contributed by atoms with Crippen LogP contribution in [0.15, 0.2) is 0 Å². The summed E-state index contributed by atoms with van der Waals surface area (Å²) in [5, 5.41) is 6.46. The number of carbonyl (C=O) groups is 2. The fourth-order valence-corrected chi connectivity index (χ4v) is 3.89. The highest BCUT2D eigenvalue weighted by atomic mass is 35.5. The van der Waals surface area contributed by atoms with Crippen molar-refractivity contribution in [3.8, 4) is 0 Å². The van der Waals surface area contributed by atoms with E-state index in [4.69, 9.17) is 0 Å². The molecule has 2 aliphatic rings. The van der Waals surface area contributed by atoms with Crippen LogP contribution in [-0.4, -0.2) is 49.4 Å². The number of amides is 2. The van der Waals surface area contributed by atoms with Crippen LogP contribution in [0.2, 0.25) is 0 Å². The second kappa shape index (κ2) is 11.7. The molecule has 2 aliphatic heterocycles. The summed E-state index contributed by atoms with van der Waals surface area (Å²) in [6.07, 6.45) is 7.02. The molecule has 3 atom stereocenters. The van der Waals surface area contributed by atoms with Gasteiger partial charge in [0.15, 0.2) is 0 Å². The summed E-state index contributed by atoms with van der Waals surface area (Å²) >= 11 is 0. The van der Waals surface area contributed by atoms with Crippen molar-refractivity contribution in [2.75, 3.05) is 32.7 Å². The molecular formula is C19H36ClN3O2. The minimum absolute atomic E-state index is 0. The molecule has 2 fully saturated rings. The van der Waals surface area contributed by atoms with Gasteiger partial charge in [0.25, 0.3) is 0 Å². The van der Waals surface area contributed by atoms with Gasteiger partial charge in [0.05, 0.1) is 5.92 Å². The van der Waals surface area contributed by atoms with Crippen LogP contribution in [0.5, 0.6) is 0 Å². The lowest BCUT2D eigenvalue weighted by Crippen LogP contribution is -2.46. The number of unbranched alkanes of at least 4 members (excludes halogenated alkanes) is 1. The predicted octanol–water partition coefficient (Wildman–Crippen LogP) is 2.59. The lowest BCUT2D eigenvalue weighted by molar-refractivity contribution is -0.136. The maximum absolute atomic E-state index is 12.7. The lowest BCUT2D eigenvalue weighted by Gasteiger charge is -2.34. The predicted molar refractivity (Wildman–Crippen MR) is 104 cm³/mol. The van der Waals surface area contributed by atoms with E-state index in [2.05, 4.69) is 24.5 Å². The first-order chi connectivity index (χ1) is 11.6. The molecule has 2 heterocycles. The third-order valence-electron chi connectivity index (χ3n) is 5.61. The van der Waals surface area contributed by atoms with E-state index in [1.54, 1.807) is 0 Å². The molecule has 0 saturated carbocycles. The number of hydrogen-bond acceptors (Lipinski definition) is 3. The highest BCUT2D eigenvalue weighted by molar-refractivity contribution is 5.85. The van der Waals surface area contributed by atoms with Crippen LogP contribution in [0.4, 0.5) is 0 Å². The molecule has 6 heteroatoms. The summed E-state index contributed by atoms with van der Waals surface area (Å²) in [5.74, 6) is 1.38. The Labute approximate surface area is 159 Å². The highest BCUT2D eigenvalue weighted by Crippen LogP contribution is 2.25. The van der Waals surface area contributed by atoms with E-state index in [-0.39, 0.29) is 30.1 Å². The molecule has 2 N–H and O–H groups in total. The molecule has 0 spiro atoms. The molecular weight excluding hydrogens is 338 g/mol. The number of nitrogens with zero attached hydrogens (tertiary/aromatic N) is 1. The Morgan fingerprint density at radius 2 is 2.08 bits per heavy atom. The molecule has 2 rings (SSSR count). The van der Waals surface area contributed by atoms with E-state index in [0.29, 0.717) is 24.8 Å². The molecule has 25 heavy (non-hydrogen) atoms. The van der Waals surface area contributed by atoms with Gasteiger partial charge in [0.2, 0.25) is 11.8 Å². The largest absolute Gasteiger partial charge is 0.356 e. The topological polar surface area (TPSA) is 61.4 Å². The Hall–Kier alpha value is -0.810. The maximum atomic E-state index is 12.7. The summed E-state index contributed by atoms with van der Waals surface area (Å²) < 4.78 is 0. The quantitative estimate of drug-likeness (QED) is 0.674. The van der Waals surface area contributed by atoms with Crippen molar-refractivity contribution in [3.05, 3.63) is 0 Å². The smallest absolute Gasteiger partial charge is 0.224 e. The van der Waals surface area contributed by atoms with Crippen LogP contribution >= 0.6 is 12.4 Å². The van der Waals surface area contributed by atoms with Gasteiger partial charge in [-0.25, -0.2) is 0 Å². The van der Waals surface area contributed by atoms with Crippen LogP contribution < -0.4 is 10.6 Å². The molecule has 3 unspecified atom stereocenters. The van der Waals surface area contributed by atoms with Crippen molar-refractivity contribution < 1.29 is 9.59 Å². The zero-order valence-electron chi connectivity index (χ0n) is 15.9. The van der Waals surface area contributed by atoms with Gasteiger partial charge in [-0.1, -0.05) is 20.3 Å². The van der Waals surface area contributed by atoms with E-state index in [1.807, 2.05) is 4.90 Å². The van der Waals surface area contributed by atoms with Gasteiger partial charge in [-0.3, -0.25) is 9.59 Å². The number of rotatable bonds is 7. The molecule has 5 nitrogen and oxygen atoms in total. The van der Waals surface area contributed by atoms with Gasteiger partial charge in [-0.05, 0) is 57.0 Å². The zero-order valence-corrected chi connectivity index (χ0v) is 16.7. The van der Waals surface area contributed by atoms with Crippen molar-refractivity contribution in [2.24, 2.45) is 17.8 Å². The fourth-order valence-electron chi connectivity index (χ4n) is 3.89. The Morgan fingerprint density at radius 3 is 2.76 bits per heavy atom. The van der Waals surface area contributed by atoms with Gasteiger partial charge in [0, 0.05) is 26.1 Å². The van der Waals surface area contributed by atoms with Crippen molar-refractivity contribution >= 4 is 24.2 Å². The molecule has 0 aromatic heterocycles. The van der Waals surface area contributed by atoms with Gasteiger partial charge in [-0.2, -0.15) is 0 Å². The Kier molecular flexibility index (Phi) is 10.4. The van der Waals surface area contributed by atoms with Crippen molar-refractivity contribution in [2.45, 2.75) is 58.8 Å². The standard InChI is InChI=1S/C19H35N3O2.ClH/c1-3-4-10-21-19(24)17-8-6-11-22(14-17)18(23)12-15(2)16-7-5-9-20-13-16;/h15-17,20H,3-14H2,1-2H3,(H,21,24);1H. The number of nitrogens with one attached hydrogen (secondary N) is 2. The SMILES string of the molecule is CCCCNC(=O)C1CCCN(C(=O)CC(C)C2CCCNC2)C1.Cl. The summed E-state index contributed by atoms with van der Waals surface area (Å²) in [7, 11) is 0. The van der Waals surface area contributed by atoms with Gasteiger partial charge in [-0.15, -0.1) is 12.4 Å². The van der Waals surface area contributed by atoms with Crippen LogP contribution in [0.25, 0.3) is 0 Å². The molecule has 0 radical (unpaired) electrons. The number of halogens is 1. The second-order valence-electron chi connectivity index (χ2n) is 7.61. The number of carbonyl (C=O) groups excluding carboxylic acids is 2. The van der Waals surface area contributed by atoms with E-state index in [0.717, 1.165) is 51.9 Å². The summed E-state index contributed by atoms with van der Waals surface area (Å²) in [5.41, 5.74) is 0. The van der Waals surface area contributed by atoms with Crippen LogP contribution in [0.1, 0.15) is 58.8 Å². The van der Waals surface area contributed by atoms with E-state index >= 15 is 0 Å². The third-order valence-corrected chi connectivity index (χ3v) is 5.61. The lowest BCUT2D eigenvalue weighted by atomic mass is 9.85. The van der Waals surface area contributed by atoms with Gasteiger partial charge >= 0.3 is 0 Å². The van der Waals surface area contributed by atoms with Crippen molar-refractivity contribution in [1.29, 1.82) is 0 Å². The minimum atomic E-state index is -0.0220. The number of hydrogen-bond donors (Lipinski definition) is 2. The molecule has 2 saturated heterocycles. The van der Waals surface area contributed by atoms with Crippen LogP contribution in [0, 0.1) is 17.8 Å². The van der Waals surface area contributed by atoms with Crippen molar-refractivity contribution in [3.63, 3.8) is 0 Å². The molecule has 2 amide bonds. The number of piperidine rings is 2. The van der Waals surface area contributed by atoms with Crippen molar-refractivity contribution in [1.82, 2.24) is 15.5 Å². The van der Waals surface area contributed by atoms with Gasteiger partial charge in [0.1, 0.15) is 0 Å². The highest BCUT2D eigenvalue weighted by Gasteiger charge is 2.30. The average Bonchev–Trinajstić information content (AvgIpc) is 2.62. The molecule has 0 aliphatic carbocycles. The van der Waals surface area contributed by atoms with Crippen LogP contribution in [-0.2, 0) is 9.59 Å². The fraction of sp³-hybridized carbons (Fsp3) is 0.895. The normalized spacial score (nSPS) is 25.0. The van der Waals surface area contributed by atoms with Gasteiger partial charge < -0.3 is 15.5 Å².